The van der Waals surface area contributed by atoms with Crippen molar-refractivity contribution in [3.63, 3.8) is 0 Å². The lowest BCUT2D eigenvalue weighted by Crippen LogP contribution is -2.01. The van der Waals surface area contributed by atoms with E-state index in [1.807, 2.05) is 0 Å². The van der Waals surface area contributed by atoms with Crippen LogP contribution in [-0.2, 0) is 5.75 Å². The number of nitrogens with zero attached hydrogens (tertiary/aromatic N) is 4. The number of thioether (sulfide) groups is 1. The lowest BCUT2D eigenvalue weighted by atomic mass is 10.2. The highest BCUT2D eigenvalue weighted by molar-refractivity contribution is 7.98. The summed E-state index contributed by atoms with van der Waals surface area (Å²) in [6.07, 6.45) is 1.79. The topological polar surface area (TPSA) is 43.6 Å². The molecule has 0 aliphatic carbocycles. The number of hydrogen-bond donors (Lipinski definition) is 0. The molecule has 0 radical (unpaired) electrons. The third kappa shape index (κ3) is 3.11. The molecule has 0 amide bonds. The van der Waals surface area contributed by atoms with Gasteiger partial charge in [-0.3, -0.25) is 0 Å². The highest BCUT2D eigenvalue weighted by Crippen LogP contribution is 2.25. The summed E-state index contributed by atoms with van der Waals surface area (Å²) in [5, 5.41) is 12.4. The molecule has 2 aromatic rings. The normalized spacial score (nSPS) is 11.7. The molecular weight excluding hydrogens is 264 g/mol. The lowest BCUT2D eigenvalue weighted by Gasteiger charge is -2.08. The van der Waals surface area contributed by atoms with Crippen molar-refractivity contribution < 1.29 is 0 Å². The molecular formula is C12H18N4S2. The first-order valence-electron chi connectivity index (χ1n) is 6.04. The van der Waals surface area contributed by atoms with Crippen LogP contribution in [0.3, 0.4) is 0 Å². The van der Waals surface area contributed by atoms with Crippen LogP contribution in [0.1, 0.15) is 50.4 Å². The first-order chi connectivity index (χ1) is 8.58. The van der Waals surface area contributed by atoms with Crippen LogP contribution >= 0.6 is 23.1 Å². The Labute approximate surface area is 116 Å². The summed E-state index contributed by atoms with van der Waals surface area (Å²) in [5.41, 5.74) is 1.13. The zero-order valence-corrected chi connectivity index (χ0v) is 12.8. The van der Waals surface area contributed by atoms with Crippen LogP contribution in [-0.4, -0.2) is 19.7 Å². The fourth-order valence-corrected chi connectivity index (χ4v) is 3.36. The molecule has 18 heavy (non-hydrogen) atoms. The zero-order valence-electron chi connectivity index (χ0n) is 11.1. The molecule has 2 rings (SSSR count). The smallest absolute Gasteiger partial charge is 0.191 e. The van der Waals surface area contributed by atoms with Crippen molar-refractivity contribution in [3.05, 3.63) is 22.4 Å². The van der Waals surface area contributed by atoms with E-state index in [1.165, 1.54) is 5.01 Å². The molecule has 0 atom stereocenters. The molecule has 98 valence electrons. The van der Waals surface area contributed by atoms with Gasteiger partial charge in [0, 0.05) is 23.1 Å². The summed E-state index contributed by atoms with van der Waals surface area (Å²) < 4.78 is 2.08. The van der Waals surface area contributed by atoms with Gasteiger partial charge >= 0.3 is 0 Å². The van der Waals surface area contributed by atoms with Gasteiger partial charge < -0.3 is 4.57 Å². The standard InChI is InChI=1S/C12H18N4S2/c1-8(2)11-14-10(5-17-11)6-18-12-15-13-7-16(12)9(3)4/h5,7-9H,6H2,1-4H3. The van der Waals surface area contributed by atoms with Gasteiger partial charge in [0.25, 0.3) is 0 Å². The van der Waals surface area contributed by atoms with Gasteiger partial charge in [0.15, 0.2) is 5.16 Å². The lowest BCUT2D eigenvalue weighted by molar-refractivity contribution is 0.549. The largest absolute Gasteiger partial charge is 0.306 e. The Morgan fingerprint density at radius 3 is 2.72 bits per heavy atom. The number of aromatic nitrogens is 4. The maximum Gasteiger partial charge on any atom is 0.191 e. The SMILES string of the molecule is CC(C)c1nc(CSc2nncn2C(C)C)cs1. The monoisotopic (exact) mass is 282 g/mol. The van der Waals surface area contributed by atoms with E-state index < -0.39 is 0 Å². The number of rotatable bonds is 5. The van der Waals surface area contributed by atoms with E-state index in [0.717, 1.165) is 16.6 Å². The molecule has 4 nitrogen and oxygen atoms in total. The Balaban J connectivity index is 2.00. The third-order valence-electron chi connectivity index (χ3n) is 2.51. The van der Waals surface area contributed by atoms with E-state index in [0.29, 0.717) is 12.0 Å². The maximum atomic E-state index is 4.62. The van der Waals surface area contributed by atoms with Crippen molar-refractivity contribution in [2.24, 2.45) is 0 Å². The van der Waals surface area contributed by atoms with Crippen LogP contribution in [0.4, 0.5) is 0 Å². The van der Waals surface area contributed by atoms with Crippen molar-refractivity contribution in [2.45, 2.75) is 50.6 Å². The number of hydrogen-bond acceptors (Lipinski definition) is 5. The first-order valence-corrected chi connectivity index (χ1v) is 7.91. The minimum atomic E-state index is 0.393. The number of thiazole rings is 1. The van der Waals surface area contributed by atoms with Gasteiger partial charge in [0.2, 0.25) is 0 Å². The highest BCUT2D eigenvalue weighted by atomic mass is 32.2. The minimum Gasteiger partial charge on any atom is -0.306 e. The van der Waals surface area contributed by atoms with Crippen LogP contribution < -0.4 is 0 Å². The fourth-order valence-electron chi connectivity index (χ4n) is 1.48. The van der Waals surface area contributed by atoms with Gasteiger partial charge in [-0.05, 0) is 13.8 Å². The molecule has 0 aromatic carbocycles. The van der Waals surface area contributed by atoms with Crippen molar-refractivity contribution >= 4 is 23.1 Å². The molecule has 0 spiro atoms. The second-order valence-corrected chi connectivity index (χ2v) is 6.57. The quantitative estimate of drug-likeness (QED) is 0.784. The van der Waals surface area contributed by atoms with E-state index in [1.54, 1.807) is 29.4 Å². The van der Waals surface area contributed by atoms with E-state index in [9.17, 15) is 0 Å². The summed E-state index contributed by atoms with van der Waals surface area (Å²) in [6, 6.07) is 0.393. The highest BCUT2D eigenvalue weighted by Gasteiger charge is 2.10. The van der Waals surface area contributed by atoms with Gasteiger partial charge in [-0.15, -0.1) is 21.5 Å². The second-order valence-electron chi connectivity index (χ2n) is 4.73. The van der Waals surface area contributed by atoms with Crippen LogP contribution in [0.2, 0.25) is 0 Å². The minimum absolute atomic E-state index is 0.393. The molecule has 0 saturated heterocycles. The summed E-state index contributed by atoms with van der Waals surface area (Å²) in [7, 11) is 0. The molecule has 0 aliphatic heterocycles. The van der Waals surface area contributed by atoms with Crippen molar-refractivity contribution in [1.82, 2.24) is 19.7 Å². The third-order valence-corrected chi connectivity index (χ3v) is 4.69. The van der Waals surface area contributed by atoms with Gasteiger partial charge in [0.05, 0.1) is 10.7 Å². The first kappa shape index (κ1) is 13.5. The van der Waals surface area contributed by atoms with Crippen molar-refractivity contribution in [3.8, 4) is 0 Å². The van der Waals surface area contributed by atoms with Gasteiger partial charge in [-0.1, -0.05) is 25.6 Å². The van der Waals surface area contributed by atoms with E-state index in [-0.39, 0.29) is 0 Å². The summed E-state index contributed by atoms with van der Waals surface area (Å²) in [5.74, 6) is 1.36. The molecule has 2 aromatic heterocycles. The molecule has 6 heteroatoms. The molecule has 0 N–H and O–H groups in total. The predicted octanol–water partition coefficient (Wildman–Crippen LogP) is 3.73. The van der Waals surface area contributed by atoms with Gasteiger partial charge in [-0.25, -0.2) is 4.98 Å². The summed E-state index contributed by atoms with van der Waals surface area (Å²) in [6.45, 7) is 8.61. The Morgan fingerprint density at radius 1 is 1.33 bits per heavy atom. The fraction of sp³-hybridized carbons (Fsp3) is 0.583. The average molecular weight is 282 g/mol. The predicted molar refractivity (Wildman–Crippen MR) is 76.2 cm³/mol. The molecule has 0 unspecified atom stereocenters. The summed E-state index contributed by atoms with van der Waals surface area (Å²) in [4.78, 5) is 4.62. The van der Waals surface area contributed by atoms with Crippen molar-refractivity contribution in [1.29, 1.82) is 0 Å². The average Bonchev–Trinajstić information content (AvgIpc) is 2.95. The van der Waals surface area contributed by atoms with E-state index in [4.69, 9.17) is 0 Å². The zero-order chi connectivity index (χ0) is 13.1. The molecule has 0 fully saturated rings. The Kier molecular flexibility index (Phi) is 4.40. The van der Waals surface area contributed by atoms with Gasteiger partial charge in [-0.2, -0.15) is 0 Å². The van der Waals surface area contributed by atoms with Gasteiger partial charge in [0.1, 0.15) is 6.33 Å². The molecule has 0 saturated carbocycles. The Bertz CT molecular complexity index is 502. The van der Waals surface area contributed by atoms with Crippen LogP contribution in [0.25, 0.3) is 0 Å². The van der Waals surface area contributed by atoms with Crippen LogP contribution in [0.5, 0.6) is 0 Å². The molecule has 0 aliphatic rings. The summed E-state index contributed by atoms with van der Waals surface area (Å²) >= 11 is 3.43. The van der Waals surface area contributed by atoms with E-state index >= 15 is 0 Å². The van der Waals surface area contributed by atoms with E-state index in [2.05, 4.69) is 52.8 Å². The van der Waals surface area contributed by atoms with Crippen LogP contribution in [0, 0.1) is 0 Å². The Hall–Kier alpha value is -0.880. The molecule has 0 bridgehead atoms. The van der Waals surface area contributed by atoms with Crippen molar-refractivity contribution in [2.75, 3.05) is 0 Å². The maximum absolute atomic E-state index is 4.62. The Morgan fingerprint density at radius 2 is 2.11 bits per heavy atom. The molecule has 2 heterocycles. The van der Waals surface area contributed by atoms with Crippen LogP contribution in [0.15, 0.2) is 16.9 Å². The second kappa shape index (κ2) is 5.84.